The maximum Gasteiger partial charge on any atom is 0.226 e. The Kier molecular flexibility index (Phi) is 4.19. The Morgan fingerprint density at radius 1 is 1.33 bits per heavy atom. The molecule has 0 atom stereocenters. The van der Waals surface area contributed by atoms with Crippen molar-refractivity contribution in [2.75, 3.05) is 30.0 Å². The topological polar surface area (TPSA) is 78.5 Å². The van der Waals surface area contributed by atoms with Crippen molar-refractivity contribution in [2.24, 2.45) is 0 Å². The number of hydrogen-bond donors (Lipinski definition) is 3. The number of anilines is 2. The van der Waals surface area contributed by atoms with Crippen molar-refractivity contribution < 1.29 is 0 Å². The highest BCUT2D eigenvalue weighted by Crippen LogP contribution is 2.42. The molecule has 3 N–H and O–H groups in total. The molecule has 3 rings (SSSR count). The first kappa shape index (κ1) is 14.4. The highest BCUT2D eigenvalue weighted by molar-refractivity contribution is 8.00. The lowest BCUT2D eigenvalue weighted by atomic mass is 9.84. The van der Waals surface area contributed by atoms with Crippen LogP contribution in [0.25, 0.3) is 11.0 Å². The molecular formula is C14H22N6S. The lowest BCUT2D eigenvalue weighted by molar-refractivity contribution is 0.379. The summed E-state index contributed by atoms with van der Waals surface area (Å²) in [5.74, 6) is 1.52. The third-order valence-electron chi connectivity index (χ3n) is 4.12. The molecule has 2 aromatic heterocycles. The van der Waals surface area contributed by atoms with Gasteiger partial charge in [0.15, 0.2) is 5.65 Å². The molecule has 2 aromatic rings. The lowest BCUT2D eigenvalue weighted by Gasteiger charge is -2.40. The van der Waals surface area contributed by atoms with Crippen molar-refractivity contribution in [1.29, 1.82) is 0 Å². The fraction of sp³-hybridized carbons (Fsp3) is 0.643. The third kappa shape index (κ3) is 2.92. The summed E-state index contributed by atoms with van der Waals surface area (Å²) in [6.45, 7) is 3.94. The summed E-state index contributed by atoms with van der Waals surface area (Å²) < 4.78 is 0.373. The predicted molar refractivity (Wildman–Crippen MR) is 89.1 cm³/mol. The number of H-pyrrole nitrogens is 1. The van der Waals surface area contributed by atoms with Crippen LogP contribution in [0.5, 0.6) is 0 Å². The summed E-state index contributed by atoms with van der Waals surface area (Å²) in [5.41, 5.74) is 0.776. The van der Waals surface area contributed by atoms with Gasteiger partial charge in [0.05, 0.1) is 11.6 Å². The zero-order valence-electron chi connectivity index (χ0n) is 12.6. The molecule has 1 fully saturated rings. The van der Waals surface area contributed by atoms with Crippen LogP contribution in [-0.2, 0) is 0 Å². The van der Waals surface area contributed by atoms with Gasteiger partial charge in [0.2, 0.25) is 5.95 Å². The van der Waals surface area contributed by atoms with E-state index in [1.807, 2.05) is 11.8 Å². The van der Waals surface area contributed by atoms with Crippen molar-refractivity contribution in [1.82, 2.24) is 20.2 Å². The minimum Gasteiger partial charge on any atom is -0.368 e. The van der Waals surface area contributed by atoms with Crippen molar-refractivity contribution in [3.05, 3.63) is 6.20 Å². The largest absolute Gasteiger partial charge is 0.368 e. The first-order chi connectivity index (χ1) is 10.3. The van der Waals surface area contributed by atoms with Crippen LogP contribution in [0, 0.1) is 0 Å². The van der Waals surface area contributed by atoms with E-state index in [9.17, 15) is 0 Å². The first-order valence-electron chi connectivity index (χ1n) is 7.50. The molecule has 2 heterocycles. The molecule has 0 aliphatic heterocycles. The van der Waals surface area contributed by atoms with Gasteiger partial charge in [0.25, 0.3) is 0 Å². The van der Waals surface area contributed by atoms with E-state index in [2.05, 4.69) is 44.0 Å². The Bertz CT molecular complexity index is 601. The number of nitrogens with one attached hydrogen (secondary N) is 3. The summed E-state index contributed by atoms with van der Waals surface area (Å²) in [6.07, 6.45) is 8.92. The molecule has 0 saturated heterocycles. The minimum absolute atomic E-state index is 0.373. The van der Waals surface area contributed by atoms with Gasteiger partial charge in [-0.05, 0) is 25.5 Å². The summed E-state index contributed by atoms with van der Waals surface area (Å²) in [5, 5.41) is 14.7. The number of rotatable bonds is 7. The van der Waals surface area contributed by atoms with Crippen molar-refractivity contribution in [3.63, 3.8) is 0 Å². The molecular weight excluding hydrogens is 284 g/mol. The first-order valence-corrected chi connectivity index (χ1v) is 8.73. The molecule has 0 amide bonds. The zero-order valence-corrected chi connectivity index (χ0v) is 13.4. The molecule has 0 aromatic carbocycles. The van der Waals surface area contributed by atoms with E-state index in [0.29, 0.717) is 10.7 Å². The van der Waals surface area contributed by atoms with E-state index in [0.717, 1.165) is 36.4 Å². The molecule has 114 valence electrons. The van der Waals surface area contributed by atoms with E-state index in [-0.39, 0.29) is 0 Å². The Hall–Kier alpha value is -1.50. The molecule has 0 radical (unpaired) electrons. The molecule has 6 nitrogen and oxygen atoms in total. The average molecular weight is 306 g/mol. The molecule has 0 spiro atoms. The lowest BCUT2D eigenvalue weighted by Crippen LogP contribution is -2.40. The second-order valence-electron chi connectivity index (χ2n) is 5.55. The maximum absolute atomic E-state index is 4.60. The monoisotopic (exact) mass is 306 g/mol. The average Bonchev–Trinajstić information content (AvgIpc) is 2.92. The number of fused-ring (bicyclic) bond motifs is 1. The Labute approximate surface area is 128 Å². The number of hydrogen-bond acceptors (Lipinski definition) is 6. The quantitative estimate of drug-likeness (QED) is 0.730. The van der Waals surface area contributed by atoms with Crippen LogP contribution < -0.4 is 10.6 Å². The van der Waals surface area contributed by atoms with Crippen molar-refractivity contribution in [3.8, 4) is 0 Å². The number of thioether (sulfide) groups is 1. The van der Waals surface area contributed by atoms with E-state index in [4.69, 9.17) is 0 Å². The molecule has 7 heteroatoms. The second-order valence-corrected chi connectivity index (χ2v) is 6.82. The van der Waals surface area contributed by atoms with E-state index < -0.39 is 0 Å². The van der Waals surface area contributed by atoms with Gasteiger partial charge in [0, 0.05) is 17.8 Å². The van der Waals surface area contributed by atoms with Crippen molar-refractivity contribution in [2.45, 2.75) is 37.4 Å². The van der Waals surface area contributed by atoms with Gasteiger partial charge in [-0.25, -0.2) is 0 Å². The number of nitrogens with zero attached hydrogens (tertiary/aromatic N) is 3. The normalized spacial score (nSPS) is 16.7. The van der Waals surface area contributed by atoms with E-state index in [1.165, 1.54) is 19.3 Å². The summed E-state index contributed by atoms with van der Waals surface area (Å²) in [4.78, 5) is 9.05. The van der Waals surface area contributed by atoms with Gasteiger partial charge in [-0.15, -0.1) is 0 Å². The number of aromatic nitrogens is 4. The minimum atomic E-state index is 0.373. The van der Waals surface area contributed by atoms with E-state index >= 15 is 0 Å². The summed E-state index contributed by atoms with van der Waals surface area (Å²) >= 11 is 1.96. The van der Waals surface area contributed by atoms with Crippen LogP contribution in [-0.4, -0.2) is 44.3 Å². The smallest absolute Gasteiger partial charge is 0.226 e. The molecule has 1 saturated carbocycles. The van der Waals surface area contributed by atoms with Gasteiger partial charge in [-0.3, -0.25) is 5.10 Å². The van der Waals surface area contributed by atoms with Gasteiger partial charge >= 0.3 is 0 Å². The highest BCUT2D eigenvalue weighted by Gasteiger charge is 2.36. The van der Waals surface area contributed by atoms with Crippen LogP contribution in [0.15, 0.2) is 6.20 Å². The van der Waals surface area contributed by atoms with Gasteiger partial charge in [0.1, 0.15) is 5.82 Å². The summed E-state index contributed by atoms with van der Waals surface area (Å²) in [7, 11) is 0. The molecule has 0 bridgehead atoms. The predicted octanol–water partition coefficient (Wildman–Crippen LogP) is 2.87. The zero-order chi connectivity index (χ0) is 14.7. The van der Waals surface area contributed by atoms with Crippen LogP contribution in [0.4, 0.5) is 11.8 Å². The Morgan fingerprint density at radius 3 is 2.86 bits per heavy atom. The SMILES string of the molecule is CCCNc1nc(NCC2(SC)CCC2)c2cn[nH]c2n1. The molecule has 1 aliphatic rings. The summed E-state index contributed by atoms with van der Waals surface area (Å²) in [6, 6.07) is 0. The van der Waals surface area contributed by atoms with Gasteiger partial charge in [-0.1, -0.05) is 13.3 Å². The van der Waals surface area contributed by atoms with Crippen LogP contribution in [0.1, 0.15) is 32.6 Å². The Morgan fingerprint density at radius 2 is 2.19 bits per heavy atom. The Balaban J connectivity index is 1.80. The fourth-order valence-corrected chi connectivity index (χ4v) is 3.47. The van der Waals surface area contributed by atoms with E-state index in [1.54, 1.807) is 6.20 Å². The van der Waals surface area contributed by atoms with Gasteiger partial charge in [-0.2, -0.15) is 26.8 Å². The standard InChI is InChI=1S/C14H22N6S/c1-3-7-15-13-18-11(10-8-17-20-12(10)19-13)16-9-14(21-2)5-4-6-14/h8H,3-7,9H2,1-2H3,(H3,15,16,17,18,19,20). The number of aromatic amines is 1. The van der Waals surface area contributed by atoms with Crippen LogP contribution >= 0.6 is 11.8 Å². The molecule has 1 aliphatic carbocycles. The molecule has 0 unspecified atom stereocenters. The van der Waals surface area contributed by atoms with Crippen LogP contribution in [0.2, 0.25) is 0 Å². The second kappa shape index (κ2) is 6.09. The van der Waals surface area contributed by atoms with Crippen molar-refractivity contribution >= 4 is 34.6 Å². The third-order valence-corrected chi connectivity index (χ3v) is 5.54. The maximum atomic E-state index is 4.60. The highest BCUT2D eigenvalue weighted by atomic mass is 32.2. The fourth-order valence-electron chi connectivity index (χ4n) is 2.55. The van der Waals surface area contributed by atoms with Crippen LogP contribution in [0.3, 0.4) is 0 Å². The molecule has 21 heavy (non-hydrogen) atoms. The van der Waals surface area contributed by atoms with Gasteiger partial charge < -0.3 is 10.6 Å².